The minimum atomic E-state index is -0.453. The number of benzene rings is 1. The number of carbonyl (C=O) groups is 3. The highest BCUT2D eigenvalue weighted by Crippen LogP contribution is 2.28. The molecule has 0 unspecified atom stereocenters. The average Bonchev–Trinajstić information content (AvgIpc) is 3.53. The summed E-state index contributed by atoms with van der Waals surface area (Å²) in [4.78, 5) is 50.8. The Morgan fingerprint density at radius 1 is 1.07 bits per heavy atom. The van der Waals surface area contributed by atoms with Crippen molar-refractivity contribution in [3.63, 3.8) is 0 Å². The van der Waals surface area contributed by atoms with Crippen LogP contribution in [-0.4, -0.2) is 93.5 Å². The van der Waals surface area contributed by atoms with E-state index in [9.17, 15) is 14.4 Å². The Hall–Kier alpha value is -4.25. The molecule has 0 radical (unpaired) electrons. The summed E-state index contributed by atoms with van der Waals surface area (Å²) in [5, 5.41) is 7.17. The molecule has 5 heterocycles. The Kier molecular flexibility index (Phi) is 6.97. The summed E-state index contributed by atoms with van der Waals surface area (Å²) in [6.45, 7) is 5.95. The SMILES string of the molecule is Cc1noc(C)c1CN1C[C@@H]2C[C@H]1C(=O)N1CCN(C(=O)c3ccccc3)C[C@H]1COc1ncccc1C(=O)N2. The van der Waals surface area contributed by atoms with Crippen LogP contribution in [0, 0.1) is 13.8 Å². The first-order chi connectivity index (χ1) is 19.4. The van der Waals surface area contributed by atoms with Gasteiger partial charge in [-0.05, 0) is 44.5 Å². The third-order valence-electron chi connectivity index (χ3n) is 8.07. The molecule has 2 aromatic heterocycles. The first kappa shape index (κ1) is 26.0. The molecule has 2 bridgehead atoms. The van der Waals surface area contributed by atoms with Crippen LogP contribution >= 0.6 is 0 Å². The number of pyridine rings is 1. The lowest BCUT2D eigenvalue weighted by Crippen LogP contribution is -2.61. The molecule has 3 aliphatic rings. The van der Waals surface area contributed by atoms with Crippen molar-refractivity contribution in [2.75, 3.05) is 32.8 Å². The number of carbonyl (C=O) groups excluding carboxylic acids is 3. The number of amides is 3. The predicted molar refractivity (Wildman–Crippen MR) is 144 cm³/mol. The summed E-state index contributed by atoms with van der Waals surface area (Å²) in [7, 11) is 0. The van der Waals surface area contributed by atoms with E-state index in [1.807, 2.05) is 36.9 Å². The number of nitrogens with one attached hydrogen (secondary N) is 1. The Morgan fingerprint density at radius 2 is 1.90 bits per heavy atom. The molecular formula is C29H32N6O5. The van der Waals surface area contributed by atoms with Crippen LogP contribution in [0.5, 0.6) is 5.88 Å². The lowest BCUT2D eigenvalue weighted by atomic mass is 10.1. The summed E-state index contributed by atoms with van der Waals surface area (Å²) < 4.78 is 11.5. The first-order valence-electron chi connectivity index (χ1n) is 13.6. The van der Waals surface area contributed by atoms with Crippen molar-refractivity contribution in [1.82, 2.24) is 30.2 Å². The van der Waals surface area contributed by atoms with Gasteiger partial charge in [0.25, 0.3) is 11.8 Å². The average molecular weight is 545 g/mol. The maximum absolute atomic E-state index is 14.2. The molecule has 0 aliphatic carbocycles. The van der Waals surface area contributed by atoms with Crippen LogP contribution in [0.4, 0.5) is 0 Å². The van der Waals surface area contributed by atoms with E-state index in [0.717, 1.165) is 11.3 Å². The van der Waals surface area contributed by atoms with Gasteiger partial charge in [0.05, 0.1) is 17.8 Å². The molecule has 1 N–H and O–H groups in total. The molecular weight excluding hydrogens is 512 g/mol. The summed E-state index contributed by atoms with van der Waals surface area (Å²) in [6.07, 6.45) is 2.05. The largest absolute Gasteiger partial charge is 0.475 e. The third-order valence-corrected chi connectivity index (χ3v) is 8.07. The van der Waals surface area contributed by atoms with E-state index in [4.69, 9.17) is 9.26 Å². The molecule has 40 heavy (non-hydrogen) atoms. The molecule has 208 valence electrons. The number of aryl methyl sites for hydroxylation is 2. The molecule has 3 atom stereocenters. The Morgan fingerprint density at radius 3 is 2.67 bits per heavy atom. The number of rotatable bonds is 3. The van der Waals surface area contributed by atoms with Gasteiger partial charge >= 0.3 is 0 Å². The zero-order valence-electron chi connectivity index (χ0n) is 22.6. The molecule has 2 fully saturated rings. The minimum absolute atomic E-state index is 0.0364. The van der Waals surface area contributed by atoms with Gasteiger partial charge in [-0.3, -0.25) is 19.3 Å². The van der Waals surface area contributed by atoms with Gasteiger partial charge in [0.15, 0.2) is 0 Å². The van der Waals surface area contributed by atoms with E-state index >= 15 is 0 Å². The number of aromatic nitrogens is 2. The molecule has 3 aliphatic heterocycles. The van der Waals surface area contributed by atoms with Crippen molar-refractivity contribution in [2.45, 2.75) is 44.9 Å². The van der Waals surface area contributed by atoms with Crippen LogP contribution < -0.4 is 10.1 Å². The highest BCUT2D eigenvalue weighted by molar-refractivity contribution is 5.97. The van der Waals surface area contributed by atoms with Crippen molar-refractivity contribution in [1.29, 1.82) is 0 Å². The maximum Gasteiger partial charge on any atom is 0.257 e. The fraction of sp³-hybridized carbons (Fsp3) is 0.414. The van der Waals surface area contributed by atoms with Crippen LogP contribution in [0.3, 0.4) is 0 Å². The lowest BCUT2D eigenvalue weighted by Gasteiger charge is -2.43. The Bertz CT molecular complexity index is 1410. The summed E-state index contributed by atoms with van der Waals surface area (Å²) >= 11 is 0. The van der Waals surface area contributed by atoms with Crippen molar-refractivity contribution in [2.24, 2.45) is 0 Å². The van der Waals surface area contributed by atoms with Gasteiger partial charge in [0.1, 0.15) is 17.9 Å². The van der Waals surface area contributed by atoms with Gasteiger partial charge in [-0.25, -0.2) is 4.98 Å². The van der Waals surface area contributed by atoms with E-state index in [1.165, 1.54) is 0 Å². The van der Waals surface area contributed by atoms with Gasteiger partial charge in [0.2, 0.25) is 11.8 Å². The molecule has 11 nitrogen and oxygen atoms in total. The summed E-state index contributed by atoms with van der Waals surface area (Å²) in [5.41, 5.74) is 2.68. The topological polar surface area (TPSA) is 121 Å². The van der Waals surface area contributed by atoms with Crippen molar-refractivity contribution < 1.29 is 23.6 Å². The standard InChI is InChI=1S/C29H32N6O5/c1-18-24(19(2)40-32-18)16-34-14-21-13-25(34)29(38)35-12-11-33(28(37)20-7-4-3-5-8-20)15-22(35)17-39-27-23(26(36)31-21)9-6-10-30-27/h3-10,21-22,25H,11-17H2,1-2H3,(H,31,36)/t21-,22-,25-/m0/s1. The highest BCUT2D eigenvalue weighted by atomic mass is 16.5. The van der Waals surface area contributed by atoms with Crippen LogP contribution in [0.2, 0.25) is 0 Å². The number of fused-ring (bicyclic) bond motifs is 4. The Balaban J connectivity index is 1.32. The van der Waals surface area contributed by atoms with E-state index in [-0.39, 0.29) is 36.3 Å². The second-order valence-corrected chi connectivity index (χ2v) is 10.6. The highest BCUT2D eigenvalue weighted by Gasteiger charge is 2.44. The maximum atomic E-state index is 14.2. The minimum Gasteiger partial charge on any atom is -0.475 e. The molecule has 3 aromatic rings. The second kappa shape index (κ2) is 10.7. The fourth-order valence-electron chi connectivity index (χ4n) is 5.91. The van der Waals surface area contributed by atoms with Gasteiger partial charge < -0.3 is 24.4 Å². The van der Waals surface area contributed by atoms with E-state index < -0.39 is 12.1 Å². The van der Waals surface area contributed by atoms with Gasteiger partial charge in [-0.1, -0.05) is 23.4 Å². The smallest absolute Gasteiger partial charge is 0.257 e. The van der Waals surface area contributed by atoms with E-state index in [1.54, 1.807) is 35.4 Å². The second-order valence-electron chi connectivity index (χ2n) is 10.6. The summed E-state index contributed by atoms with van der Waals surface area (Å²) in [6, 6.07) is 11.4. The predicted octanol–water partition coefficient (Wildman–Crippen LogP) is 1.80. The van der Waals surface area contributed by atoms with Gasteiger partial charge in [-0.15, -0.1) is 0 Å². The molecule has 0 saturated carbocycles. The molecule has 6 rings (SSSR count). The summed E-state index contributed by atoms with van der Waals surface area (Å²) in [5.74, 6) is 0.513. The van der Waals surface area contributed by atoms with Crippen LogP contribution in [0.25, 0.3) is 0 Å². The molecule has 2 saturated heterocycles. The number of ether oxygens (including phenoxy) is 1. The quantitative estimate of drug-likeness (QED) is 0.530. The molecule has 11 heteroatoms. The number of nitrogens with zero attached hydrogens (tertiary/aromatic N) is 5. The molecule has 1 aromatic carbocycles. The van der Waals surface area contributed by atoms with E-state index in [0.29, 0.717) is 56.0 Å². The normalized spacial score (nSPS) is 23.4. The number of piperazine rings is 1. The zero-order valence-corrected chi connectivity index (χ0v) is 22.6. The molecule has 0 spiro atoms. The van der Waals surface area contributed by atoms with Crippen LogP contribution in [0.15, 0.2) is 53.2 Å². The van der Waals surface area contributed by atoms with E-state index in [2.05, 4.69) is 20.4 Å². The molecule has 3 amide bonds. The number of hydrogen-bond donors (Lipinski definition) is 1. The number of likely N-dealkylation sites (tertiary alicyclic amines) is 1. The third kappa shape index (κ3) is 4.92. The van der Waals surface area contributed by atoms with Crippen LogP contribution in [0.1, 0.15) is 44.2 Å². The van der Waals surface area contributed by atoms with Crippen molar-refractivity contribution in [3.05, 3.63) is 76.8 Å². The van der Waals surface area contributed by atoms with Gasteiger partial charge in [-0.2, -0.15) is 0 Å². The van der Waals surface area contributed by atoms with Crippen LogP contribution in [-0.2, 0) is 11.3 Å². The Labute approximate surface area is 232 Å². The number of hydrogen-bond acceptors (Lipinski definition) is 8. The van der Waals surface area contributed by atoms with Crippen molar-refractivity contribution in [3.8, 4) is 5.88 Å². The lowest BCUT2D eigenvalue weighted by molar-refractivity contribution is -0.141. The monoisotopic (exact) mass is 544 g/mol. The van der Waals surface area contributed by atoms with Crippen molar-refractivity contribution >= 4 is 17.7 Å². The first-order valence-corrected chi connectivity index (χ1v) is 13.6. The van der Waals surface area contributed by atoms with Gasteiger partial charge in [0, 0.05) is 56.1 Å². The zero-order chi connectivity index (χ0) is 27.8. The fourth-order valence-corrected chi connectivity index (χ4v) is 5.91.